The van der Waals surface area contributed by atoms with E-state index in [2.05, 4.69) is 0 Å². The van der Waals surface area contributed by atoms with Crippen LogP contribution in [0.3, 0.4) is 0 Å². The largest absolute Gasteiger partial charge is 0.332 e. The van der Waals surface area contributed by atoms with Crippen molar-refractivity contribution < 1.29 is 9.18 Å². The molecule has 1 nitrogen and oxygen atoms in total. The molecule has 0 aliphatic rings. The second kappa shape index (κ2) is 3.20. The van der Waals surface area contributed by atoms with E-state index in [4.69, 9.17) is 23.2 Å². The summed E-state index contributed by atoms with van der Waals surface area (Å²) in [4.78, 5) is 10.2. The molecule has 0 unspecified atom stereocenters. The van der Waals surface area contributed by atoms with Crippen molar-refractivity contribution in [2.45, 2.75) is 0 Å². The Balaban J connectivity index is 3.19. The van der Waals surface area contributed by atoms with Gasteiger partial charge in [0.25, 0.3) is 0 Å². The van der Waals surface area contributed by atoms with E-state index >= 15 is 0 Å². The van der Waals surface area contributed by atoms with Crippen molar-refractivity contribution in [3.8, 4) is 0 Å². The molecule has 0 aliphatic carbocycles. The first-order valence-electron chi connectivity index (χ1n) is 2.75. The van der Waals surface area contributed by atoms with Crippen LogP contribution in [0.2, 0.25) is 10.0 Å². The fraction of sp³-hybridized carbons (Fsp3) is 0. The Kier molecular flexibility index (Phi) is 2.47. The lowest BCUT2D eigenvalue weighted by Crippen LogP contribution is -1.88. The van der Waals surface area contributed by atoms with Crippen molar-refractivity contribution in [2.24, 2.45) is 0 Å². The van der Waals surface area contributed by atoms with Gasteiger partial charge in [-0.15, -0.1) is 0 Å². The molecular weight excluding hydrogens is 190 g/mol. The minimum Gasteiger partial charge on any atom is -0.255 e. The van der Waals surface area contributed by atoms with Gasteiger partial charge in [-0.05, 0) is 18.2 Å². The van der Waals surface area contributed by atoms with E-state index in [1.54, 1.807) is 0 Å². The van der Waals surface area contributed by atoms with Crippen LogP contribution in [-0.4, -0.2) is 6.04 Å². The van der Waals surface area contributed by atoms with E-state index in [1.807, 2.05) is 0 Å². The van der Waals surface area contributed by atoms with E-state index in [-0.39, 0.29) is 15.6 Å². The average molecular weight is 193 g/mol. The number of rotatable bonds is 1. The molecule has 0 bridgehead atoms. The fourth-order valence-corrected chi connectivity index (χ4v) is 1.19. The Morgan fingerprint density at radius 3 is 2.00 bits per heavy atom. The van der Waals surface area contributed by atoms with E-state index in [1.165, 1.54) is 18.2 Å². The first kappa shape index (κ1) is 8.50. The summed E-state index contributed by atoms with van der Waals surface area (Å²) in [5, 5.41) is 0.497. The lowest BCUT2D eigenvalue weighted by Gasteiger charge is -1.94. The van der Waals surface area contributed by atoms with Crippen LogP contribution in [0, 0.1) is 0 Å². The predicted octanol–water partition coefficient (Wildman–Crippen LogP) is 3.10. The molecule has 0 aliphatic heterocycles. The van der Waals surface area contributed by atoms with Gasteiger partial charge in [0.15, 0.2) is 0 Å². The minimum absolute atomic E-state index is 0.123. The van der Waals surface area contributed by atoms with Crippen LogP contribution in [0.1, 0.15) is 10.4 Å². The minimum atomic E-state index is -1.53. The predicted molar refractivity (Wildman–Crippen MR) is 41.9 cm³/mol. The van der Waals surface area contributed by atoms with Crippen LogP contribution in [0.25, 0.3) is 0 Å². The molecule has 0 fully saturated rings. The maximum atomic E-state index is 12.0. The number of carbonyl (C=O) groups excluding carboxylic acids is 1. The smallest absolute Gasteiger partial charge is 0.255 e. The van der Waals surface area contributed by atoms with Crippen LogP contribution in [0.15, 0.2) is 18.2 Å². The maximum absolute atomic E-state index is 12.0. The number of benzene rings is 1. The van der Waals surface area contributed by atoms with Gasteiger partial charge in [0.05, 0.1) is 5.56 Å². The number of carbonyl (C=O) groups is 1. The molecule has 0 saturated carbocycles. The van der Waals surface area contributed by atoms with Crippen molar-refractivity contribution in [3.63, 3.8) is 0 Å². The molecule has 0 saturated heterocycles. The van der Waals surface area contributed by atoms with Crippen LogP contribution >= 0.6 is 23.2 Å². The molecule has 0 aromatic heterocycles. The van der Waals surface area contributed by atoms with Crippen LogP contribution in [0.4, 0.5) is 4.39 Å². The van der Waals surface area contributed by atoms with Crippen molar-refractivity contribution in [1.29, 1.82) is 0 Å². The summed E-state index contributed by atoms with van der Waals surface area (Å²) in [5.74, 6) is 0. The Hall–Kier alpha value is -0.600. The lowest BCUT2D eigenvalue weighted by atomic mass is 10.2. The van der Waals surface area contributed by atoms with Crippen LogP contribution < -0.4 is 0 Å². The topological polar surface area (TPSA) is 17.1 Å². The highest BCUT2D eigenvalue weighted by molar-refractivity contribution is 6.35. The summed E-state index contributed by atoms with van der Waals surface area (Å²) in [5.41, 5.74) is -0.123. The molecule has 0 radical (unpaired) electrons. The first-order chi connectivity index (χ1) is 5.09. The normalized spacial score (nSPS) is 9.73. The zero-order chi connectivity index (χ0) is 8.43. The lowest BCUT2D eigenvalue weighted by molar-refractivity contribution is 0.0836. The highest BCUT2D eigenvalue weighted by Gasteiger charge is 2.05. The van der Waals surface area contributed by atoms with Crippen LogP contribution in [0.5, 0.6) is 0 Å². The number of hydrogen-bond acceptors (Lipinski definition) is 1. The molecule has 11 heavy (non-hydrogen) atoms. The monoisotopic (exact) mass is 192 g/mol. The molecular formula is C7H3Cl2FO. The van der Waals surface area contributed by atoms with Crippen molar-refractivity contribution >= 4 is 29.2 Å². The molecule has 1 rings (SSSR count). The Bertz CT molecular complexity index is 278. The Labute approximate surface area is 72.7 Å². The van der Waals surface area contributed by atoms with Gasteiger partial charge in [0, 0.05) is 10.0 Å². The first-order valence-corrected chi connectivity index (χ1v) is 3.51. The quantitative estimate of drug-likeness (QED) is 0.626. The van der Waals surface area contributed by atoms with Gasteiger partial charge >= 0.3 is 6.04 Å². The van der Waals surface area contributed by atoms with Gasteiger partial charge in [0.2, 0.25) is 0 Å². The summed E-state index contributed by atoms with van der Waals surface area (Å²) in [6.45, 7) is 0. The second-order valence-electron chi connectivity index (χ2n) is 1.93. The maximum Gasteiger partial charge on any atom is 0.332 e. The molecule has 0 N–H and O–H groups in total. The van der Waals surface area contributed by atoms with Crippen molar-refractivity contribution in [3.05, 3.63) is 33.8 Å². The van der Waals surface area contributed by atoms with E-state index in [0.29, 0.717) is 0 Å². The third-order valence-corrected chi connectivity index (χ3v) is 1.53. The van der Waals surface area contributed by atoms with Gasteiger partial charge in [-0.3, -0.25) is 4.79 Å². The SMILES string of the molecule is O=C(F)c1cc(Cl)cc(Cl)c1. The molecule has 1 aromatic rings. The molecule has 1 aromatic carbocycles. The molecule has 0 heterocycles. The van der Waals surface area contributed by atoms with Gasteiger partial charge in [-0.2, -0.15) is 4.39 Å². The average Bonchev–Trinajstić information content (AvgIpc) is 1.85. The third-order valence-electron chi connectivity index (χ3n) is 1.09. The third kappa shape index (κ3) is 2.17. The summed E-state index contributed by atoms with van der Waals surface area (Å²) in [6, 6.07) is 2.33. The van der Waals surface area contributed by atoms with Crippen molar-refractivity contribution in [1.82, 2.24) is 0 Å². The van der Waals surface area contributed by atoms with Gasteiger partial charge in [-0.1, -0.05) is 23.2 Å². The van der Waals surface area contributed by atoms with Gasteiger partial charge in [0.1, 0.15) is 0 Å². The number of hydrogen-bond donors (Lipinski definition) is 0. The molecule has 0 spiro atoms. The Morgan fingerprint density at radius 1 is 1.18 bits per heavy atom. The molecule has 4 heteroatoms. The summed E-state index contributed by atoms with van der Waals surface area (Å²) in [6.07, 6.45) is 0. The fourth-order valence-electron chi connectivity index (χ4n) is 0.667. The second-order valence-corrected chi connectivity index (χ2v) is 2.80. The van der Waals surface area contributed by atoms with Crippen molar-refractivity contribution in [2.75, 3.05) is 0 Å². The summed E-state index contributed by atoms with van der Waals surface area (Å²) in [7, 11) is 0. The molecule has 0 amide bonds. The molecule has 0 atom stereocenters. The highest BCUT2D eigenvalue weighted by atomic mass is 35.5. The zero-order valence-electron chi connectivity index (χ0n) is 5.27. The molecule has 58 valence electrons. The van der Waals surface area contributed by atoms with Gasteiger partial charge < -0.3 is 0 Å². The van der Waals surface area contributed by atoms with E-state index in [9.17, 15) is 9.18 Å². The summed E-state index contributed by atoms with van der Waals surface area (Å²) >= 11 is 11.0. The van der Waals surface area contributed by atoms with E-state index in [0.717, 1.165) is 0 Å². The van der Waals surface area contributed by atoms with E-state index < -0.39 is 6.04 Å². The zero-order valence-corrected chi connectivity index (χ0v) is 6.79. The highest BCUT2D eigenvalue weighted by Crippen LogP contribution is 2.19. The summed E-state index contributed by atoms with van der Waals surface area (Å²) < 4.78 is 12.0. The standard InChI is InChI=1S/C7H3Cl2FO/c8-5-1-4(7(10)11)2-6(9)3-5/h1-3H. The van der Waals surface area contributed by atoms with Gasteiger partial charge in [-0.25, -0.2) is 0 Å². The number of halogens is 3. The van der Waals surface area contributed by atoms with Crippen LogP contribution in [-0.2, 0) is 0 Å². The Morgan fingerprint density at radius 2 is 1.64 bits per heavy atom.